The van der Waals surface area contributed by atoms with Crippen LogP contribution in [-0.2, 0) is 0 Å². The molecule has 0 spiro atoms. The molecule has 1 fully saturated rings. The van der Waals surface area contributed by atoms with Gasteiger partial charge in [0, 0.05) is 24.3 Å². The molecule has 0 aromatic heterocycles. The highest BCUT2D eigenvalue weighted by Gasteiger charge is 2.26. The molecule has 1 aliphatic carbocycles. The van der Waals surface area contributed by atoms with E-state index in [1.165, 1.54) is 19.3 Å². The molecule has 1 saturated carbocycles. The van der Waals surface area contributed by atoms with Crippen molar-refractivity contribution in [1.82, 2.24) is 4.90 Å². The normalized spacial score (nSPS) is 22.6. The average Bonchev–Trinajstić information content (AvgIpc) is 2.48. The molecule has 0 bridgehead atoms. The van der Waals surface area contributed by atoms with E-state index in [-0.39, 0.29) is 5.91 Å². The lowest BCUT2D eigenvalue weighted by molar-refractivity contribution is 0.0675. The lowest BCUT2D eigenvalue weighted by Gasteiger charge is -2.34. The van der Waals surface area contributed by atoms with Crippen molar-refractivity contribution in [2.24, 2.45) is 5.92 Å². The van der Waals surface area contributed by atoms with Gasteiger partial charge in [-0.25, -0.2) is 0 Å². The lowest BCUT2D eigenvalue weighted by Crippen LogP contribution is -2.39. The van der Waals surface area contributed by atoms with E-state index in [4.69, 9.17) is 5.73 Å². The van der Waals surface area contributed by atoms with Crippen LogP contribution in [0.25, 0.3) is 0 Å². The molecule has 3 heteroatoms. The van der Waals surface area contributed by atoms with E-state index in [0.29, 0.717) is 17.3 Å². The average molecular weight is 274 g/mol. The highest BCUT2D eigenvalue weighted by molar-refractivity contribution is 5.95. The van der Waals surface area contributed by atoms with E-state index >= 15 is 0 Å². The second-order valence-corrected chi connectivity index (χ2v) is 6.07. The number of hydrogen-bond donors (Lipinski definition) is 1. The van der Waals surface area contributed by atoms with Gasteiger partial charge in [-0.1, -0.05) is 19.4 Å². The predicted octanol–water partition coefficient (Wildman–Crippen LogP) is 3.62. The zero-order chi connectivity index (χ0) is 14.7. The van der Waals surface area contributed by atoms with Gasteiger partial charge >= 0.3 is 0 Å². The van der Waals surface area contributed by atoms with Gasteiger partial charge in [-0.05, 0) is 56.2 Å². The summed E-state index contributed by atoms with van der Waals surface area (Å²) in [7, 11) is 1.93. The zero-order valence-electron chi connectivity index (χ0n) is 12.9. The van der Waals surface area contributed by atoms with Crippen molar-refractivity contribution in [3.63, 3.8) is 0 Å². The highest BCUT2D eigenvalue weighted by atomic mass is 16.2. The summed E-state index contributed by atoms with van der Waals surface area (Å²) in [4.78, 5) is 14.4. The molecule has 1 aliphatic rings. The molecule has 1 aromatic carbocycles. The number of anilines is 1. The van der Waals surface area contributed by atoms with Crippen LogP contribution < -0.4 is 5.73 Å². The minimum Gasteiger partial charge on any atom is -0.398 e. The summed E-state index contributed by atoms with van der Waals surface area (Å²) < 4.78 is 0. The summed E-state index contributed by atoms with van der Waals surface area (Å²) in [5.74, 6) is 0.946. The van der Waals surface area contributed by atoms with Crippen LogP contribution in [0, 0.1) is 12.8 Å². The van der Waals surface area contributed by atoms with Crippen LogP contribution in [0.4, 0.5) is 5.69 Å². The number of nitrogens with zero attached hydrogens (tertiary/aromatic N) is 1. The Morgan fingerprint density at radius 1 is 1.30 bits per heavy atom. The van der Waals surface area contributed by atoms with Crippen molar-refractivity contribution in [3.8, 4) is 0 Å². The van der Waals surface area contributed by atoms with Crippen LogP contribution in [0.1, 0.15) is 54.9 Å². The standard InChI is InChI=1S/C17H26N2O/c1-4-13-6-9-15(10-7-13)19(3)17(20)14-8-5-12(2)16(18)11-14/h5,8,11,13,15H,4,6-7,9-10,18H2,1-3H3. The maximum Gasteiger partial charge on any atom is 0.253 e. The van der Waals surface area contributed by atoms with Crippen LogP contribution in [0.2, 0.25) is 0 Å². The predicted molar refractivity (Wildman–Crippen MR) is 83.7 cm³/mol. The van der Waals surface area contributed by atoms with E-state index in [1.54, 1.807) is 6.07 Å². The van der Waals surface area contributed by atoms with Crippen molar-refractivity contribution >= 4 is 11.6 Å². The van der Waals surface area contributed by atoms with E-state index in [9.17, 15) is 4.79 Å². The summed E-state index contributed by atoms with van der Waals surface area (Å²) in [6.07, 6.45) is 6.01. The quantitative estimate of drug-likeness (QED) is 0.856. The Morgan fingerprint density at radius 3 is 2.50 bits per heavy atom. The van der Waals surface area contributed by atoms with Crippen LogP contribution in [0.3, 0.4) is 0 Å². The molecule has 3 nitrogen and oxygen atoms in total. The third-order valence-electron chi connectivity index (χ3n) is 4.79. The smallest absolute Gasteiger partial charge is 0.253 e. The third kappa shape index (κ3) is 3.14. The van der Waals surface area contributed by atoms with Gasteiger partial charge < -0.3 is 10.6 Å². The fourth-order valence-electron chi connectivity index (χ4n) is 3.08. The van der Waals surface area contributed by atoms with Crippen molar-refractivity contribution < 1.29 is 4.79 Å². The number of carbonyl (C=O) groups is 1. The topological polar surface area (TPSA) is 46.3 Å². The van der Waals surface area contributed by atoms with Crippen LogP contribution in [0.15, 0.2) is 18.2 Å². The van der Waals surface area contributed by atoms with Crippen molar-refractivity contribution in [3.05, 3.63) is 29.3 Å². The number of nitrogens with two attached hydrogens (primary N) is 1. The van der Waals surface area contributed by atoms with Gasteiger partial charge in [0.2, 0.25) is 0 Å². The van der Waals surface area contributed by atoms with Crippen LogP contribution in [-0.4, -0.2) is 23.9 Å². The van der Waals surface area contributed by atoms with Gasteiger partial charge in [0.1, 0.15) is 0 Å². The number of hydrogen-bond acceptors (Lipinski definition) is 2. The summed E-state index contributed by atoms with van der Waals surface area (Å²) in [6, 6.07) is 5.98. The Morgan fingerprint density at radius 2 is 1.95 bits per heavy atom. The van der Waals surface area contributed by atoms with Crippen molar-refractivity contribution in [2.45, 2.75) is 52.0 Å². The van der Waals surface area contributed by atoms with Gasteiger partial charge in [-0.15, -0.1) is 0 Å². The van der Waals surface area contributed by atoms with E-state index in [1.807, 2.05) is 31.0 Å². The fourth-order valence-corrected chi connectivity index (χ4v) is 3.08. The summed E-state index contributed by atoms with van der Waals surface area (Å²) in [5.41, 5.74) is 8.32. The minimum absolute atomic E-state index is 0.0941. The van der Waals surface area contributed by atoms with E-state index in [2.05, 4.69) is 6.92 Å². The Balaban J connectivity index is 2.03. The second kappa shape index (κ2) is 6.29. The molecule has 2 rings (SSSR count). The maximum atomic E-state index is 12.5. The Hall–Kier alpha value is -1.51. The molecular weight excluding hydrogens is 248 g/mol. The summed E-state index contributed by atoms with van der Waals surface area (Å²) in [5, 5.41) is 0. The third-order valence-corrected chi connectivity index (χ3v) is 4.79. The first-order valence-electron chi connectivity index (χ1n) is 7.66. The molecule has 1 amide bonds. The molecule has 0 heterocycles. The maximum absolute atomic E-state index is 12.5. The second-order valence-electron chi connectivity index (χ2n) is 6.07. The van der Waals surface area contributed by atoms with E-state index < -0.39 is 0 Å². The number of carbonyl (C=O) groups excluding carboxylic acids is 1. The monoisotopic (exact) mass is 274 g/mol. The first-order chi connectivity index (χ1) is 9.52. The van der Waals surface area contributed by atoms with Crippen molar-refractivity contribution in [1.29, 1.82) is 0 Å². The largest absolute Gasteiger partial charge is 0.398 e. The van der Waals surface area contributed by atoms with Gasteiger partial charge in [0.05, 0.1) is 0 Å². The Labute approximate surface area is 122 Å². The molecule has 0 radical (unpaired) electrons. The molecule has 0 unspecified atom stereocenters. The fraction of sp³-hybridized carbons (Fsp3) is 0.588. The van der Waals surface area contributed by atoms with Crippen LogP contribution in [0.5, 0.6) is 0 Å². The Bertz CT molecular complexity index is 476. The summed E-state index contributed by atoms with van der Waals surface area (Å²) in [6.45, 7) is 4.22. The van der Waals surface area contributed by atoms with E-state index in [0.717, 1.165) is 24.3 Å². The number of aryl methyl sites for hydroxylation is 1. The lowest BCUT2D eigenvalue weighted by atomic mass is 9.84. The number of nitrogen functional groups attached to an aromatic ring is 1. The number of benzene rings is 1. The summed E-state index contributed by atoms with van der Waals surface area (Å²) >= 11 is 0. The molecule has 110 valence electrons. The minimum atomic E-state index is 0.0941. The molecule has 2 N–H and O–H groups in total. The zero-order valence-corrected chi connectivity index (χ0v) is 12.9. The van der Waals surface area contributed by atoms with Gasteiger partial charge in [0.25, 0.3) is 5.91 Å². The first kappa shape index (κ1) is 14.9. The number of amides is 1. The number of rotatable bonds is 3. The SMILES string of the molecule is CCC1CCC(N(C)C(=O)c2ccc(C)c(N)c2)CC1. The van der Waals surface area contributed by atoms with Crippen molar-refractivity contribution in [2.75, 3.05) is 12.8 Å². The van der Waals surface area contributed by atoms with Crippen LogP contribution >= 0.6 is 0 Å². The van der Waals surface area contributed by atoms with Gasteiger partial charge in [0.15, 0.2) is 0 Å². The first-order valence-corrected chi connectivity index (χ1v) is 7.66. The molecule has 0 aliphatic heterocycles. The molecule has 1 aromatic rings. The Kier molecular flexibility index (Phi) is 4.69. The van der Waals surface area contributed by atoms with Gasteiger partial charge in [-0.3, -0.25) is 4.79 Å². The molecule has 20 heavy (non-hydrogen) atoms. The molecule has 0 saturated heterocycles. The highest BCUT2D eigenvalue weighted by Crippen LogP contribution is 2.29. The molecular formula is C17H26N2O. The molecule has 0 atom stereocenters. The van der Waals surface area contributed by atoms with Gasteiger partial charge in [-0.2, -0.15) is 0 Å².